The number of amides is 2. The number of esters is 1. The Morgan fingerprint density at radius 1 is 0.925 bits per heavy atom. The Kier molecular flexibility index (Phi) is 5.83. The zero-order chi connectivity index (χ0) is 27.6. The average Bonchev–Trinajstić information content (AvgIpc) is 3.29. The van der Waals surface area contributed by atoms with Crippen LogP contribution in [-0.2, 0) is 16.1 Å². The summed E-state index contributed by atoms with van der Waals surface area (Å²) in [5.74, 6) is 0.736. The first kappa shape index (κ1) is 25.3. The molecule has 2 unspecified atom stereocenters. The highest BCUT2D eigenvalue weighted by atomic mass is 35.5. The fraction of sp³-hybridized carbons (Fsp3) is 0.364. The fourth-order valence-electron chi connectivity index (χ4n) is 8.40. The van der Waals surface area contributed by atoms with Gasteiger partial charge in [0.15, 0.2) is 0 Å². The van der Waals surface area contributed by atoms with Crippen LogP contribution in [0, 0.1) is 17.3 Å². The van der Waals surface area contributed by atoms with Crippen molar-refractivity contribution in [1.82, 2.24) is 4.90 Å². The minimum Gasteiger partial charge on any atom is -0.469 e. The molecule has 4 bridgehead atoms. The minimum atomic E-state index is -0.441. The van der Waals surface area contributed by atoms with Gasteiger partial charge >= 0.3 is 5.97 Å². The third-order valence-electron chi connectivity index (χ3n) is 9.72. The number of hydrogen-bond donors (Lipinski definition) is 1. The fourth-order valence-corrected chi connectivity index (χ4v) is 8.53. The van der Waals surface area contributed by atoms with E-state index in [4.69, 9.17) is 16.3 Å². The number of carbonyl (C=O) groups excluding carboxylic acids is 3. The van der Waals surface area contributed by atoms with Gasteiger partial charge in [-0.1, -0.05) is 35.9 Å². The third-order valence-corrected chi connectivity index (χ3v) is 9.97. The Hall–Kier alpha value is -3.64. The van der Waals surface area contributed by atoms with Crippen LogP contribution < -0.4 is 5.32 Å². The van der Waals surface area contributed by atoms with Gasteiger partial charge in [-0.15, -0.1) is 0 Å². The molecule has 3 aromatic carbocycles. The Bertz CT molecular complexity index is 1520. The molecular formula is C33H31ClN2O4. The molecule has 0 radical (unpaired) electrons. The molecular weight excluding hydrogens is 524 g/mol. The van der Waals surface area contributed by atoms with Crippen LogP contribution >= 0.6 is 11.6 Å². The van der Waals surface area contributed by atoms with E-state index < -0.39 is 5.41 Å². The van der Waals surface area contributed by atoms with E-state index in [2.05, 4.69) is 22.3 Å². The molecule has 0 spiro atoms. The largest absolute Gasteiger partial charge is 0.469 e. The highest BCUT2D eigenvalue weighted by Crippen LogP contribution is 2.64. The lowest BCUT2D eigenvalue weighted by Crippen LogP contribution is -2.64. The van der Waals surface area contributed by atoms with E-state index in [1.54, 1.807) is 24.3 Å². The maximum Gasteiger partial charge on any atom is 0.311 e. The molecule has 40 heavy (non-hydrogen) atoms. The highest BCUT2D eigenvalue weighted by Gasteiger charge is 2.64. The number of hydrogen-bond acceptors (Lipinski definition) is 4. The molecule has 1 heterocycles. The van der Waals surface area contributed by atoms with Crippen molar-refractivity contribution in [2.45, 2.75) is 50.6 Å². The van der Waals surface area contributed by atoms with Gasteiger partial charge in [0, 0.05) is 33.9 Å². The number of nitrogens with one attached hydrogen (secondary N) is 1. The lowest BCUT2D eigenvalue weighted by molar-refractivity contribution is -0.179. The number of benzene rings is 3. The van der Waals surface area contributed by atoms with Crippen molar-refractivity contribution in [3.63, 3.8) is 0 Å². The summed E-state index contributed by atoms with van der Waals surface area (Å²) < 4.78 is 5.28. The van der Waals surface area contributed by atoms with Crippen LogP contribution in [0.2, 0.25) is 5.02 Å². The predicted octanol–water partition coefficient (Wildman–Crippen LogP) is 6.73. The Balaban J connectivity index is 1.10. The van der Waals surface area contributed by atoms with Gasteiger partial charge in [-0.3, -0.25) is 14.4 Å². The molecule has 1 N–H and O–H groups in total. The predicted molar refractivity (Wildman–Crippen MR) is 153 cm³/mol. The first-order valence-electron chi connectivity index (χ1n) is 14.0. The van der Waals surface area contributed by atoms with Crippen molar-refractivity contribution in [3.05, 3.63) is 88.4 Å². The van der Waals surface area contributed by atoms with Gasteiger partial charge in [0.1, 0.15) is 0 Å². The number of nitrogens with zero attached hydrogens (tertiary/aromatic N) is 1. The molecule has 4 aliphatic carbocycles. The van der Waals surface area contributed by atoms with E-state index >= 15 is 0 Å². The topological polar surface area (TPSA) is 75.7 Å². The summed E-state index contributed by atoms with van der Waals surface area (Å²) in [6.07, 6.45) is 5.64. The van der Waals surface area contributed by atoms with Crippen LogP contribution in [0.4, 0.5) is 5.69 Å². The second-order valence-corrected chi connectivity index (χ2v) is 12.7. The summed E-state index contributed by atoms with van der Waals surface area (Å²) in [5.41, 5.74) is 4.24. The van der Waals surface area contributed by atoms with E-state index in [1.165, 1.54) is 7.11 Å². The van der Waals surface area contributed by atoms with E-state index in [1.807, 2.05) is 30.3 Å². The number of methoxy groups -OCH3 is 1. The van der Waals surface area contributed by atoms with Gasteiger partial charge in [-0.05, 0) is 110 Å². The lowest BCUT2D eigenvalue weighted by Gasteiger charge is -2.63. The smallest absolute Gasteiger partial charge is 0.311 e. The van der Waals surface area contributed by atoms with Gasteiger partial charge in [0.2, 0.25) is 0 Å². The lowest BCUT2D eigenvalue weighted by atomic mass is 9.46. The van der Waals surface area contributed by atoms with Gasteiger partial charge in [0.05, 0.1) is 12.5 Å². The maximum atomic E-state index is 13.9. The maximum absolute atomic E-state index is 13.9. The number of carbonyl (C=O) groups is 3. The normalized spacial score (nSPS) is 27.9. The van der Waals surface area contributed by atoms with Crippen LogP contribution in [0.25, 0.3) is 11.1 Å². The molecule has 5 aliphatic rings. The molecule has 8 rings (SSSR count). The number of halogens is 1. The summed E-state index contributed by atoms with van der Waals surface area (Å²) in [6.45, 7) is 0.598. The molecule has 0 saturated heterocycles. The monoisotopic (exact) mass is 554 g/mol. The highest BCUT2D eigenvalue weighted by molar-refractivity contribution is 6.30. The summed E-state index contributed by atoms with van der Waals surface area (Å²) >= 11 is 5.92. The van der Waals surface area contributed by atoms with Crippen molar-refractivity contribution < 1.29 is 19.1 Å². The second-order valence-electron chi connectivity index (χ2n) is 12.3. The van der Waals surface area contributed by atoms with E-state index in [9.17, 15) is 14.4 Å². The standard InChI is InChI=1S/C33H31ClN2O4/c1-40-31(39)32-14-20-12-21(15-32)17-33(16-20,19-32)36-18-25-3-2-24(13-28(25)30(36)38)22-6-10-27(11-7-22)35-29(37)23-4-8-26(34)9-5-23/h2-11,13,20-21H,12,14-19H2,1H3,(H,35,37). The molecule has 3 aromatic rings. The molecule has 6 nitrogen and oxygen atoms in total. The van der Waals surface area contributed by atoms with Crippen LogP contribution in [0.1, 0.15) is 64.8 Å². The Morgan fingerprint density at radius 2 is 1.60 bits per heavy atom. The van der Waals surface area contributed by atoms with Gasteiger partial charge in [0.25, 0.3) is 11.8 Å². The first-order valence-corrected chi connectivity index (χ1v) is 14.4. The van der Waals surface area contributed by atoms with Crippen LogP contribution in [-0.4, -0.2) is 35.3 Å². The first-order chi connectivity index (χ1) is 19.3. The number of ether oxygens (including phenoxy) is 1. The molecule has 7 heteroatoms. The molecule has 0 aromatic heterocycles. The molecule has 2 atom stereocenters. The Labute approximate surface area is 238 Å². The molecule has 204 valence electrons. The number of fused-ring (bicyclic) bond motifs is 1. The van der Waals surface area contributed by atoms with Crippen LogP contribution in [0.5, 0.6) is 0 Å². The quantitative estimate of drug-likeness (QED) is 0.355. The average molecular weight is 555 g/mol. The van der Waals surface area contributed by atoms with Gasteiger partial charge in [-0.25, -0.2) is 0 Å². The SMILES string of the molecule is COC(=O)C12CC3CC(C1)CC(N1Cc4ccc(-c5ccc(NC(=O)c6ccc(Cl)cc6)cc5)cc4C1=O)(C3)C2. The van der Waals surface area contributed by atoms with Crippen molar-refractivity contribution in [2.75, 3.05) is 12.4 Å². The summed E-state index contributed by atoms with van der Waals surface area (Å²) in [7, 11) is 1.49. The second kappa shape index (κ2) is 9.20. The summed E-state index contributed by atoms with van der Waals surface area (Å²) in [6, 6.07) is 20.5. The molecule has 1 aliphatic heterocycles. The van der Waals surface area contributed by atoms with E-state index in [-0.39, 0.29) is 23.3 Å². The van der Waals surface area contributed by atoms with Crippen LogP contribution in [0.15, 0.2) is 66.7 Å². The molecule has 2 amide bonds. The zero-order valence-electron chi connectivity index (χ0n) is 22.4. The number of rotatable bonds is 5. The van der Waals surface area contributed by atoms with Crippen molar-refractivity contribution >= 4 is 35.1 Å². The summed E-state index contributed by atoms with van der Waals surface area (Å²) in [5, 5.41) is 3.50. The van der Waals surface area contributed by atoms with Crippen molar-refractivity contribution in [1.29, 1.82) is 0 Å². The Morgan fingerprint density at radius 3 is 2.27 bits per heavy atom. The number of anilines is 1. The minimum absolute atomic E-state index is 0.0747. The van der Waals surface area contributed by atoms with Gasteiger partial charge in [-0.2, -0.15) is 0 Å². The van der Waals surface area contributed by atoms with Crippen LogP contribution in [0.3, 0.4) is 0 Å². The van der Waals surface area contributed by atoms with Crippen molar-refractivity contribution in [2.24, 2.45) is 17.3 Å². The third kappa shape index (κ3) is 4.03. The van der Waals surface area contributed by atoms with E-state index in [0.717, 1.165) is 60.8 Å². The molecule has 4 fully saturated rings. The van der Waals surface area contributed by atoms with E-state index in [0.29, 0.717) is 34.7 Å². The van der Waals surface area contributed by atoms with Crippen molar-refractivity contribution in [3.8, 4) is 11.1 Å². The van der Waals surface area contributed by atoms with Gasteiger partial charge < -0.3 is 15.0 Å². The summed E-state index contributed by atoms with van der Waals surface area (Å²) in [4.78, 5) is 41.5. The molecule has 4 saturated carbocycles. The zero-order valence-corrected chi connectivity index (χ0v) is 23.2.